The van der Waals surface area contributed by atoms with Gasteiger partial charge in [-0.05, 0) is 59.5 Å². The molecule has 0 aliphatic rings. The van der Waals surface area contributed by atoms with Crippen LogP contribution in [0.2, 0.25) is 0 Å². The molecular weight excluding hydrogens is 580 g/mol. The van der Waals surface area contributed by atoms with Crippen molar-refractivity contribution in [2.24, 2.45) is 11.7 Å². The van der Waals surface area contributed by atoms with Gasteiger partial charge in [-0.3, -0.25) is 19.6 Å². The van der Waals surface area contributed by atoms with E-state index in [-0.39, 0.29) is 34.0 Å². The highest BCUT2D eigenvalue weighted by molar-refractivity contribution is 7.85. The Morgan fingerprint density at radius 1 is 0.884 bits per heavy atom. The van der Waals surface area contributed by atoms with Crippen molar-refractivity contribution < 1.29 is 42.0 Å². The highest BCUT2D eigenvalue weighted by atomic mass is 32.2. The lowest BCUT2D eigenvalue weighted by molar-refractivity contribution is -0.144. The lowest BCUT2D eigenvalue weighted by atomic mass is 9.93. The van der Waals surface area contributed by atoms with Crippen molar-refractivity contribution >= 4 is 45.4 Å². The van der Waals surface area contributed by atoms with Gasteiger partial charge in [0.2, 0.25) is 0 Å². The average molecular weight is 613 g/mol. The maximum absolute atomic E-state index is 13.1. The molecule has 0 radical (unpaired) electrons. The number of benzene rings is 3. The lowest BCUT2D eigenvalue weighted by Crippen LogP contribution is -2.45. The number of aromatic carboxylic acids is 1. The monoisotopic (exact) mass is 612 g/mol. The first kappa shape index (κ1) is 34.1. The summed E-state index contributed by atoms with van der Waals surface area (Å²) < 4.78 is 30.6. The molecule has 0 aromatic heterocycles. The molecule has 0 aliphatic heterocycles. The molecule has 0 saturated heterocycles. The van der Waals surface area contributed by atoms with Crippen LogP contribution in [0.4, 0.5) is 5.69 Å². The normalized spacial score (nSPS) is 11.4. The fraction of sp³-hybridized carbons (Fsp3) is 0.207. The zero-order valence-corrected chi connectivity index (χ0v) is 24.6. The van der Waals surface area contributed by atoms with Gasteiger partial charge in [0.05, 0.1) is 18.9 Å². The molecule has 3 rings (SSSR count). The Balaban J connectivity index is 0.00000119. The van der Waals surface area contributed by atoms with E-state index < -0.39 is 39.9 Å². The maximum atomic E-state index is 13.1. The van der Waals surface area contributed by atoms with Crippen LogP contribution in [0.1, 0.15) is 50.5 Å². The number of carbonyl (C=O) groups excluding carboxylic acids is 3. The summed E-state index contributed by atoms with van der Waals surface area (Å²) in [5.41, 5.74) is 7.08. The number of amides is 2. The van der Waals surface area contributed by atoms with Crippen molar-refractivity contribution in [3.63, 3.8) is 0 Å². The number of esters is 1. The predicted octanol–water partition coefficient (Wildman–Crippen LogP) is 3.02. The van der Waals surface area contributed by atoms with E-state index >= 15 is 0 Å². The number of carbonyl (C=O) groups is 4. The highest BCUT2D eigenvalue weighted by Gasteiger charge is 2.26. The summed E-state index contributed by atoms with van der Waals surface area (Å²) in [6.07, 6.45) is 0.715. The van der Waals surface area contributed by atoms with Crippen LogP contribution in [0.25, 0.3) is 11.1 Å². The molecule has 7 N–H and O–H groups in total. The zero-order chi connectivity index (χ0) is 32.5. The van der Waals surface area contributed by atoms with Gasteiger partial charge in [0.15, 0.2) is 0 Å². The molecule has 0 fully saturated rings. The van der Waals surface area contributed by atoms with Crippen LogP contribution >= 0.6 is 0 Å². The molecular formula is C29H32N4O9S. The number of nitrogens with one attached hydrogen (secondary N) is 3. The largest absolute Gasteiger partial charge is 0.478 e. The number of carboxylic acids is 1. The summed E-state index contributed by atoms with van der Waals surface area (Å²) in [4.78, 5) is 50.2. The van der Waals surface area contributed by atoms with E-state index in [0.29, 0.717) is 23.1 Å². The number of ether oxygens (including phenoxy) is 1. The second-order valence-electron chi connectivity index (χ2n) is 9.51. The van der Waals surface area contributed by atoms with E-state index in [0.717, 1.165) is 0 Å². The van der Waals surface area contributed by atoms with Crippen molar-refractivity contribution in [2.45, 2.75) is 19.9 Å². The minimum Gasteiger partial charge on any atom is -0.478 e. The van der Waals surface area contributed by atoms with Crippen LogP contribution in [0, 0.1) is 11.3 Å². The molecule has 14 heteroatoms. The third kappa shape index (κ3) is 10.1. The van der Waals surface area contributed by atoms with Gasteiger partial charge in [0, 0.05) is 22.4 Å². The van der Waals surface area contributed by atoms with Crippen molar-refractivity contribution in [1.82, 2.24) is 5.32 Å². The second kappa shape index (κ2) is 14.7. The minimum atomic E-state index is -3.67. The topological polar surface area (TPSA) is 226 Å². The van der Waals surface area contributed by atoms with E-state index in [1.165, 1.54) is 25.3 Å². The smallest absolute Gasteiger partial charge is 0.336 e. The number of hydrogen-bond acceptors (Lipinski definition) is 8. The summed E-state index contributed by atoms with van der Waals surface area (Å²) in [6, 6.07) is 16.1. The van der Waals surface area contributed by atoms with Crippen LogP contribution in [-0.2, 0) is 19.6 Å². The van der Waals surface area contributed by atoms with Crippen LogP contribution in [0.15, 0.2) is 66.7 Å². The highest BCUT2D eigenvalue weighted by Crippen LogP contribution is 2.29. The summed E-state index contributed by atoms with van der Waals surface area (Å²) in [5, 5.41) is 22.7. The zero-order valence-electron chi connectivity index (χ0n) is 23.7. The number of methoxy groups -OCH3 is 1. The molecule has 43 heavy (non-hydrogen) atoms. The lowest BCUT2D eigenvalue weighted by Gasteiger charge is -2.20. The Morgan fingerprint density at radius 3 is 1.93 bits per heavy atom. The Morgan fingerprint density at radius 2 is 1.42 bits per heavy atom. The number of anilines is 1. The average Bonchev–Trinajstić information content (AvgIpc) is 2.94. The van der Waals surface area contributed by atoms with Crippen LogP contribution in [-0.4, -0.2) is 67.1 Å². The molecule has 0 saturated carbocycles. The molecule has 0 spiro atoms. The van der Waals surface area contributed by atoms with Crippen molar-refractivity contribution in [2.75, 3.05) is 18.7 Å². The third-order valence-corrected chi connectivity index (χ3v) is 5.84. The molecule has 0 heterocycles. The molecule has 13 nitrogen and oxygen atoms in total. The quantitative estimate of drug-likeness (QED) is 0.0896. The first-order chi connectivity index (χ1) is 20.0. The Hall–Kier alpha value is -5.08. The molecule has 3 aromatic carbocycles. The van der Waals surface area contributed by atoms with Gasteiger partial charge >= 0.3 is 11.9 Å². The predicted molar refractivity (Wildman–Crippen MR) is 160 cm³/mol. The number of rotatable bonds is 9. The molecule has 0 bridgehead atoms. The summed E-state index contributed by atoms with van der Waals surface area (Å²) >= 11 is 0. The van der Waals surface area contributed by atoms with E-state index in [4.69, 9.17) is 20.4 Å². The SMILES string of the molecule is COC(=O)[C@@H](NC(=O)c1ccc(-c2ccccc2C(=O)Nc2ccc(C(=N)N)cc2)c(C(=O)O)c1)C(C)C.CS(=O)(=O)O. The van der Waals surface area contributed by atoms with Gasteiger partial charge in [-0.1, -0.05) is 38.1 Å². The van der Waals surface area contributed by atoms with E-state index in [1.807, 2.05) is 0 Å². The van der Waals surface area contributed by atoms with Crippen LogP contribution in [0.5, 0.6) is 0 Å². The van der Waals surface area contributed by atoms with E-state index in [1.54, 1.807) is 62.4 Å². The minimum absolute atomic E-state index is 0.0354. The van der Waals surface area contributed by atoms with Gasteiger partial charge < -0.3 is 26.2 Å². The van der Waals surface area contributed by atoms with Crippen molar-refractivity contribution in [3.05, 3.63) is 89.0 Å². The van der Waals surface area contributed by atoms with Gasteiger partial charge in [0.25, 0.3) is 21.9 Å². The number of carboxylic acid groups (broad SMARTS) is 1. The second-order valence-corrected chi connectivity index (χ2v) is 11.0. The van der Waals surface area contributed by atoms with Gasteiger partial charge in [-0.15, -0.1) is 0 Å². The van der Waals surface area contributed by atoms with Crippen molar-refractivity contribution in [3.8, 4) is 11.1 Å². The number of hydrogen-bond donors (Lipinski definition) is 6. The van der Waals surface area contributed by atoms with E-state index in [2.05, 4.69) is 10.6 Å². The summed E-state index contributed by atoms with van der Waals surface area (Å²) in [5.74, 6) is -3.38. The Bertz CT molecular complexity index is 1630. The van der Waals surface area contributed by atoms with Crippen molar-refractivity contribution in [1.29, 1.82) is 5.41 Å². The molecule has 0 aliphatic carbocycles. The summed E-state index contributed by atoms with van der Waals surface area (Å²) in [7, 11) is -2.45. The van der Waals surface area contributed by atoms with Crippen LogP contribution in [0.3, 0.4) is 0 Å². The van der Waals surface area contributed by atoms with Crippen LogP contribution < -0.4 is 16.4 Å². The standard InChI is InChI=1S/C28H28N4O6.CH4O3S/c1-15(2)23(28(37)38-3)32-25(33)17-10-13-20(22(14-17)27(35)36)19-6-4-5-7-21(19)26(34)31-18-11-8-16(9-12-18)24(29)30;1-5(2,3)4/h4-15,23H,1-3H3,(H3,29,30)(H,31,34)(H,32,33)(H,35,36);1H3,(H,2,3,4)/t23-;/m0./s1. The number of nitrogen functional groups attached to an aromatic ring is 1. The molecule has 3 aromatic rings. The molecule has 2 amide bonds. The van der Waals surface area contributed by atoms with Gasteiger partial charge in [0.1, 0.15) is 11.9 Å². The number of nitrogens with two attached hydrogens (primary N) is 1. The third-order valence-electron chi connectivity index (χ3n) is 5.84. The maximum Gasteiger partial charge on any atom is 0.336 e. The molecule has 228 valence electrons. The van der Waals surface area contributed by atoms with E-state index in [9.17, 15) is 32.7 Å². The van der Waals surface area contributed by atoms with Gasteiger partial charge in [-0.25, -0.2) is 9.59 Å². The fourth-order valence-electron chi connectivity index (χ4n) is 3.79. The Labute approximate surface area is 248 Å². The first-order valence-electron chi connectivity index (χ1n) is 12.6. The fourth-order valence-corrected chi connectivity index (χ4v) is 3.79. The first-order valence-corrected chi connectivity index (χ1v) is 14.4. The molecule has 0 unspecified atom stereocenters. The summed E-state index contributed by atoms with van der Waals surface area (Å²) in [6.45, 7) is 3.49. The van der Waals surface area contributed by atoms with Gasteiger partial charge in [-0.2, -0.15) is 8.42 Å². The molecule has 1 atom stereocenters. The Kier molecular flexibility index (Phi) is 11.7. The number of amidine groups is 1.